The fraction of sp³-hybridized carbons (Fsp3) is 0.300. The molecule has 2 aromatic heterocycles. The van der Waals surface area contributed by atoms with E-state index in [0.717, 1.165) is 17.5 Å². The Hall–Kier alpha value is -2.45. The number of aromatic nitrogens is 2. The molecular weight excluding hydrogens is 394 g/mol. The van der Waals surface area contributed by atoms with Crippen LogP contribution in [0.3, 0.4) is 0 Å². The first kappa shape index (κ1) is 20.3. The average molecular weight is 418 g/mol. The van der Waals surface area contributed by atoms with E-state index in [0.29, 0.717) is 23.3 Å². The normalized spacial score (nSPS) is 11.7. The van der Waals surface area contributed by atoms with Gasteiger partial charge in [-0.15, -0.1) is 11.3 Å². The van der Waals surface area contributed by atoms with Crippen molar-refractivity contribution in [3.05, 3.63) is 64.9 Å². The molecule has 6 nitrogen and oxygen atoms in total. The summed E-state index contributed by atoms with van der Waals surface area (Å²) in [7, 11) is -3.23. The second-order valence-corrected chi connectivity index (χ2v) is 10.1. The van der Waals surface area contributed by atoms with Crippen LogP contribution >= 0.6 is 11.3 Å². The monoisotopic (exact) mass is 417 g/mol. The van der Waals surface area contributed by atoms with Gasteiger partial charge in [0, 0.05) is 30.6 Å². The molecule has 0 saturated heterocycles. The maximum absolute atomic E-state index is 12.8. The zero-order valence-electron chi connectivity index (χ0n) is 16.0. The van der Waals surface area contributed by atoms with Crippen LogP contribution < -0.4 is 5.32 Å². The van der Waals surface area contributed by atoms with Gasteiger partial charge < -0.3 is 4.57 Å². The van der Waals surface area contributed by atoms with Crippen molar-refractivity contribution in [1.82, 2.24) is 9.55 Å². The van der Waals surface area contributed by atoms with Crippen molar-refractivity contribution in [2.45, 2.75) is 31.7 Å². The minimum atomic E-state index is -3.23. The predicted octanol–water partition coefficient (Wildman–Crippen LogP) is 3.85. The number of nitrogens with zero attached hydrogens (tertiary/aromatic N) is 2. The van der Waals surface area contributed by atoms with E-state index in [9.17, 15) is 13.2 Å². The van der Waals surface area contributed by atoms with E-state index in [2.05, 4.69) is 24.1 Å². The van der Waals surface area contributed by atoms with Crippen molar-refractivity contribution in [3.8, 4) is 0 Å². The lowest BCUT2D eigenvalue weighted by atomic mass is 10.1. The molecule has 148 valence electrons. The molecule has 0 fully saturated rings. The smallest absolute Gasteiger partial charge is 0.274 e. The first-order chi connectivity index (χ1) is 13.2. The average Bonchev–Trinajstić information content (AvgIpc) is 3.24. The van der Waals surface area contributed by atoms with Gasteiger partial charge in [0.1, 0.15) is 5.69 Å². The lowest BCUT2D eigenvalue weighted by molar-refractivity contribution is 0.101. The van der Waals surface area contributed by atoms with Crippen molar-refractivity contribution < 1.29 is 13.2 Å². The van der Waals surface area contributed by atoms with Crippen LogP contribution in [-0.2, 0) is 22.8 Å². The molecule has 0 saturated carbocycles. The molecule has 0 spiro atoms. The van der Waals surface area contributed by atoms with Gasteiger partial charge in [-0.05, 0) is 41.7 Å². The SMILES string of the molecule is CC(C)Cc1cc(C(=O)Nc2nccs2)n(Cc2ccc(S(C)(=O)=O)cc2)c1. The number of hydrogen-bond acceptors (Lipinski definition) is 5. The van der Waals surface area contributed by atoms with Crippen LogP contribution in [0.1, 0.15) is 35.5 Å². The number of amides is 1. The lowest BCUT2D eigenvalue weighted by Crippen LogP contribution is -2.17. The minimum Gasteiger partial charge on any atom is -0.339 e. The Morgan fingerprint density at radius 1 is 1.21 bits per heavy atom. The summed E-state index contributed by atoms with van der Waals surface area (Å²) in [5.74, 6) is 0.262. The van der Waals surface area contributed by atoms with Crippen molar-refractivity contribution >= 4 is 32.2 Å². The topological polar surface area (TPSA) is 81.1 Å². The summed E-state index contributed by atoms with van der Waals surface area (Å²) in [6.07, 6.45) is 5.69. The second kappa shape index (κ2) is 8.28. The lowest BCUT2D eigenvalue weighted by Gasteiger charge is -2.09. The third-order valence-corrected chi connectivity index (χ3v) is 6.00. The second-order valence-electron chi connectivity index (χ2n) is 7.17. The van der Waals surface area contributed by atoms with E-state index in [4.69, 9.17) is 0 Å². The zero-order valence-corrected chi connectivity index (χ0v) is 17.7. The molecule has 0 aliphatic heterocycles. The standard InChI is InChI=1S/C20H23N3O3S2/c1-14(2)10-16-11-18(19(24)22-20-21-8-9-27-20)23(13-16)12-15-4-6-17(7-5-15)28(3,25)26/h4-9,11,13-14H,10,12H2,1-3H3,(H,21,22,24). The Labute approximate surface area is 169 Å². The summed E-state index contributed by atoms with van der Waals surface area (Å²) in [5, 5.41) is 5.19. The highest BCUT2D eigenvalue weighted by atomic mass is 32.2. The van der Waals surface area contributed by atoms with Gasteiger partial charge >= 0.3 is 0 Å². The van der Waals surface area contributed by atoms with E-state index in [1.165, 1.54) is 17.6 Å². The number of hydrogen-bond donors (Lipinski definition) is 1. The molecule has 1 N–H and O–H groups in total. The number of nitrogens with one attached hydrogen (secondary N) is 1. The summed E-state index contributed by atoms with van der Waals surface area (Å²) in [4.78, 5) is 17.2. The minimum absolute atomic E-state index is 0.210. The van der Waals surface area contributed by atoms with Gasteiger partial charge in [-0.2, -0.15) is 0 Å². The molecule has 8 heteroatoms. The van der Waals surface area contributed by atoms with Crippen molar-refractivity contribution in [3.63, 3.8) is 0 Å². The van der Waals surface area contributed by atoms with Gasteiger partial charge in [-0.1, -0.05) is 26.0 Å². The van der Waals surface area contributed by atoms with Crippen molar-refractivity contribution in [1.29, 1.82) is 0 Å². The van der Waals surface area contributed by atoms with Gasteiger partial charge in [-0.25, -0.2) is 13.4 Å². The molecule has 0 bridgehead atoms. The highest BCUT2D eigenvalue weighted by Crippen LogP contribution is 2.19. The Balaban J connectivity index is 1.87. The third-order valence-electron chi connectivity index (χ3n) is 4.19. The molecule has 0 aliphatic carbocycles. The highest BCUT2D eigenvalue weighted by Gasteiger charge is 2.16. The largest absolute Gasteiger partial charge is 0.339 e. The van der Waals surface area contributed by atoms with Crippen molar-refractivity contribution in [2.75, 3.05) is 11.6 Å². The number of thiazole rings is 1. The van der Waals surface area contributed by atoms with E-state index in [-0.39, 0.29) is 10.8 Å². The van der Waals surface area contributed by atoms with Crippen LogP contribution in [-0.4, -0.2) is 30.1 Å². The van der Waals surface area contributed by atoms with Crippen LogP contribution in [0.4, 0.5) is 5.13 Å². The Morgan fingerprint density at radius 3 is 2.50 bits per heavy atom. The summed E-state index contributed by atoms with van der Waals surface area (Å²) < 4.78 is 25.2. The molecule has 1 amide bonds. The summed E-state index contributed by atoms with van der Waals surface area (Å²) in [6, 6.07) is 8.66. The maximum atomic E-state index is 12.8. The van der Waals surface area contributed by atoms with Crippen LogP contribution in [0.25, 0.3) is 0 Å². The number of anilines is 1. The maximum Gasteiger partial charge on any atom is 0.274 e. The number of carbonyl (C=O) groups is 1. The summed E-state index contributed by atoms with van der Waals surface area (Å²) in [6.45, 7) is 4.75. The third kappa shape index (κ3) is 5.08. The van der Waals surface area contributed by atoms with E-state index in [1.807, 2.05) is 22.2 Å². The summed E-state index contributed by atoms with van der Waals surface area (Å²) >= 11 is 1.37. The number of rotatable bonds is 7. The first-order valence-corrected chi connectivity index (χ1v) is 11.7. The zero-order chi connectivity index (χ0) is 20.3. The molecule has 0 unspecified atom stereocenters. The van der Waals surface area contributed by atoms with E-state index < -0.39 is 9.84 Å². The van der Waals surface area contributed by atoms with Gasteiger partial charge in [0.05, 0.1) is 4.90 Å². The highest BCUT2D eigenvalue weighted by molar-refractivity contribution is 7.90. The predicted molar refractivity (Wildman–Crippen MR) is 112 cm³/mol. The van der Waals surface area contributed by atoms with Crippen LogP contribution in [0.2, 0.25) is 0 Å². The molecule has 2 heterocycles. The Kier molecular flexibility index (Phi) is 6.00. The van der Waals surface area contributed by atoms with Gasteiger partial charge in [0.2, 0.25) is 0 Å². The quantitative estimate of drug-likeness (QED) is 0.633. The van der Waals surface area contributed by atoms with Crippen LogP contribution in [0, 0.1) is 5.92 Å². The molecule has 3 rings (SSSR count). The molecule has 28 heavy (non-hydrogen) atoms. The van der Waals surface area contributed by atoms with Crippen LogP contribution in [0.5, 0.6) is 0 Å². The fourth-order valence-corrected chi connectivity index (χ4v) is 4.11. The van der Waals surface area contributed by atoms with E-state index >= 15 is 0 Å². The molecule has 1 aromatic carbocycles. The molecule has 3 aromatic rings. The van der Waals surface area contributed by atoms with Gasteiger partial charge in [0.25, 0.3) is 5.91 Å². The van der Waals surface area contributed by atoms with E-state index in [1.54, 1.807) is 30.5 Å². The first-order valence-electron chi connectivity index (χ1n) is 8.91. The summed E-state index contributed by atoms with van der Waals surface area (Å²) in [5.41, 5.74) is 2.56. The number of sulfone groups is 1. The Bertz CT molecular complexity index is 1050. The molecule has 0 atom stereocenters. The van der Waals surface area contributed by atoms with Gasteiger partial charge in [0.15, 0.2) is 15.0 Å². The fourth-order valence-electron chi connectivity index (χ4n) is 2.96. The van der Waals surface area contributed by atoms with Crippen LogP contribution in [0.15, 0.2) is 53.0 Å². The number of carbonyl (C=O) groups excluding carboxylic acids is 1. The molecule has 0 radical (unpaired) electrons. The van der Waals surface area contributed by atoms with Gasteiger partial charge in [-0.3, -0.25) is 10.1 Å². The number of benzene rings is 1. The van der Waals surface area contributed by atoms with Crippen molar-refractivity contribution in [2.24, 2.45) is 5.92 Å². The molecule has 0 aliphatic rings. The molecular formula is C20H23N3O3S2. The Morgan fingerprint density at radius 2 is 1.93 bits per heavy atom.